The van der Waals surface area contributed by atoms with Gasteiger partial charge < -0.3 is 50.0 Å². The van der Waals surface area contributed by atoms with Crippen molar-refractivity contribution >= 4 is 38.3 Å². The summed E-state index contributed by atoms with van der Waals surface area (Å²) in [7, 11) is 0. The van der Waals surface area contributed by atoms with Crippen molar-refractivity contribution in [2.24, 2.45) is 0 Å². The van der Waals surface area contributed by atoms with Gasteiger partial charge in [-0.1, -0.05) is 0 Å². The van der Waals surface area contributed by atoms with E-state index >= 15 is 0 Å². The summed E-state index contributed by atoms with van der Waals surface area (Å²) in [5.74, 6) is -4.55. The third kappa shape index (κ3) is 3.40. The maximum Gasteiger partial charge on any atom is 0.190 e. The highest BCUT2D eigenvalue weighted by Gasteiger charge is 2.33. The molecule has 12 heteroatoms. The van der Waals surface area contributed by atoms with Crippen LogP contribution in [0.1, 0.15) is 22.5 Å². The third-order valence-electron chi connectivity index (χ3n) is 7.01. The number of phenols is 5. The van der Waals surface area contributed by atoms with Gasteiger partial charge in [-0.3, -0.25) is 9.59 Å². The number of Topliss-reactive ketones (excluding diaryl/α,β-unsaturated/α-hetero) is 1. The number of carbonyl (C=O) groups is 1. The molecule has 0 saturated carbocycles. The third-order valence-corrected chi connectivity index (χ3v) is 7.01. The number of ketones is 1. The Balaban J connectivity index is 1.80. The lowest BCUT2D eigenvalue weighted by Crippen LogP contribution is -2.30. The lowest BCUT2D eigenvalue weighted by molar-refractivity contribution is 0.0701. The fourth-order valence-electron chi connectivity index (χ4n) is 5.33. The largest absolute Gasteiger partial charge is 0.507 e. The molecule has 8 N–H and O–H groups in total. The van der Waals surface area contributed by atoms with Crippen molar-refractivity contribution in [2.75, 3.05) is 6.61 Å². The zero-order valence-corrected chi connectivity index (χ0v) is 20.3. The number of hydrogen-bond acceptors (Lipinski definition) is 12. The average molecular weight is 548 g/mol. The van der Waals surface area contributed by atoms with Gasteiger partial charge in [0, 0.05) is 40.1 Å². The maximum absolute atomic E-state index is 13.4. The van der Waals surface area contributed by atoms with Crippen molar-refractivity contribution in [3.8, 4) is 51.4 Å². The van der Waals surface area contributed by atoms with Crippen molar-refractivity contribution in [2.45, 2.75) is 19.1 Å². The SMILES string of the molecule is O=C1CC(CO)Oc2cc3c(-c4c(=O)cc(O)c5c(O)c6c(O)cc(CO)oc6cc45)c(O)cc(O)c3c(O)c21. The number of carbonyl (C=O) groups excluding carboxylic acids is 1. The Morgan fingerprint density at radius 1 is 0.700 bits per heavy atom. The molecule has 0 aliphatic carbocycles. The van der Waals surface area contributed by atoms with Crippen molar-refractivity contribution in [3.63, 3.8) is 0 Å². The summed E-state index contributed by atoms with van der Waals surface area (Å²) in [6.07, 6.45) is -1.16. The molecular weight excluding hydrogens is 528 g/mol. The molecule has 1 aliphatic rings. The first-order chi connectivity index (χ1) is 19.0. The highest BCUT2D eigenvalue weighted by molar-refractivity contribution is 6.18. The van der Waals surface area contributed by atoms with Crippen LogP contribution in [0.3, 0.4) is 0 Å². The Hall–Kier alpha value is -5.20. The van der Waals surface area contributed by atoms with Crippen LogP contribution in [0.2, 0.25) is 0 Å². The first-order valence-corrected chi connectivity index (χ1v) is 11.9. The van der Waals surface area contributed by atoms with Gasteiger partial charge in [-0.15, -0.1) is 0 Å². The summed E-state index contributed by atoms with van der Waals surface area (Å²) in [6.45, 7) is -1.11. The molecule has 0 radical (unpaired) electrons. The summed E-state index contributed by atoms with van der Waals surface area (Å²) in [4.78, 5) is 26.1. The number of rotatable bonds is 3. The second-order valence-electron chi connectivity index (χ2n) is 9.41. The number of aliphatic hydroxyl groups is 2. The molecule has 0 bridgehead atoms. The number of ether oxygens (including phenoxy) is 1. The van der Waals surface area contributed by atoms with Crippen LogP contribution in [0.25, 0.3) is 43.6 Å². The van der Waals surface area contributed by atoms with E-state index < -0.39 is 65.0 Å². The average Bonchev–Trinajstić information content (AvgIpc) is 2.88. The van der Waals surface area contributed by atoms with E-state index in [4.69, 9.17) is 9.15 Å². The van der Waals surface area contributed by atoms with E-state index in [2.05, 4.69) is 0 Å². The molecule has 0 spiro atoms. The number of phenolic OH excluding ortho intramolecular Hbond substituents is 5. The van der Waals surface area contributed by atoms with Crippen LogP contribution in [-0.2, 0) is 6.61 Å². The lowest BCUT2D eigenvalue weighted by Gasteiger charge is -2.26. The van der Waals surface area contributed by atoms with Crippen LogP contribution < -0.4 is 10.2 Å². The molecule has 0 saturated heterocycles. The smallest absolute Gasteiger partial charge is 0.190 e. The summed E-state index contributed by atoms with van der Waals surface area (Å²) < 4.78 is 11.2. The van der Waals surface area contributed by atoms with E-state index in [0.29, 0.717) is 0 Å². The fraction of sp³-hybridized carbons (Fsp3) is 0.143. The van der Waals surface area contributed by atoms with Gasteiger partial charge in [0.15, 0.2) is 11.2 Å². The van der Waals surface area contributed by atoms with E-state index in [1.54, 1.807) is 0 Å². The number of hydrogen-bond donors (Lipinski definition) is 8. The van der Waals surface area contributed by atoms with Gasteiger partial charge in [0.05, 0.1) is 23.8 Å². The molecule has 2 heterocycles. The normalized spacial score (nSPS) is 15.1. The highest BCUT2D eigenvalue weighted by atomic mass is 16.5. The molecule has 4 aromatic carbocycles. The summed E-state index contributed by atoms with van der Waals surface area (Å²) in [5.41, 5.74) is -1.85. The Kier molecular flexibility index (Phi) is 5.43. The number of benzene rings is 4. The topological polar surface area (TPSA) is 218 Å². The molecular formula is C28H20O12. The zero-order valence-electron chi connectivity index (χ0n) is 20.3. The van der Waals surface area contributed by atoms with Gasteiger partial charge in [-0.2, -0.15) is 0 Å². The van der Waals surface area contributed by atoms with Crippen LogP contribution in [-0.4, -0.2) is 59.3 Å². The van der Waals surface area contributed by atoms with Crippen LogP contribution in [0.4, 0.5) is 0 Å². The van der Waals surface area contributed by atoms with Crippen molar-refractivity contribution in [3.05, 3.63) is 51.9 Å². The molecule has 6 rings (SSSR count). The second kappa shape index (κ2) is 8.66. The van der Waals surface area contributed by atoms with Gasteiger partial charge in [0.25, 0.3) is 0 Å². The molecule has 12 nitrogen and oxygen atoms in total. The number of aromatic hydroxyl groups is 6. The quantitative estimate of drug-likeness (QED) is 0.153. The van der Waals surface area contributed by atoms with Gasteiger partial charge in [0.2, 0.25) is 0 Å². The van der Waals surface area contributed by atoms with Crippen molar-refractivity contribution in [1.29, 1.82) is 0 Å². The molecule has 1 aliphatic heterocycles. The molecule has 5 aromatic rings. The first-order valence-electron chi connectivity index (χ1n) is 11.9. The van der Waals surface area contributed by atoms with Gasteiger partial charge in [0.1, 0.15) is 75.3 Å². The highest BCUT2D eigenvalue weighted by Crippen LogP contribution is 2.52. The predicted molar refractivity (Wildman–Crippen MR) is 139 cm³/mol. The van der Waals surface area contributed by atoms with Crippen LogP contribution >= 0.6 is 0 Å². The van der Waals surface area contributed by atoms with Gasteiger partial charge in [-0.25, -0.2) is 0 Å². The summed E-state index contributed by atoms with van der Waals surface area (Å²) >= 11 is 0. The van der Waals surface area contributed by atoms with Gasteiger partial charge in [-0.05, 0) is 12.1 Å². The van der Waals surface area contributed by atoms with Crippen molar-refractivity contribution in [1.82, 2.24) is 0 Å². The molecule has 204 valence electrons. The monoisotopic (exact) mass is 548 g/mol. The molecule has 1 unspecified atom stereocenters. The minimum Gasteiger partial charge on any atom is -0.507 e. The van der Waals surface area contributed by atoms with E-state index in [1.807, 2.05) is 0 Å². The molecule has 1 aromatic heterocycles. The molecule has 0 amide bonds. The zero-order chi connectivity index (χ0) is 28.6. The fourth-order valence-corrected chi connectivity index (χ4v) is 5.33. The maximum atomic E-state index is 13.4. The minimum atomic E-state index is -0.922. The molecule has 1 atom stereocenters. The molecule has 40 heavy (non-hydrogen) atoms. The minimum absolute atomic E-state index is 0.0810. The second-order valence-corrected chi connectivity index (χ2v) is 9.41. The Morgan fingerprint density at radius 2 is 1.35 bits per heavy atom. The van der Waals surface area contributed by atoms with Crippen LogP contribution in [0.15, 0.2) is 39.5 Å². The van der Waals surface area contributed by atoms with E-state index in [9.17, 15) is 50.4 Å². The Morgan fingerprint density at radius 3 is 2.05 bits per heavy atom. The van der Waals surface area contributed by atoms with Crippen LogP contribution in [0, 0.1) is 0 Å². The predicted octanol–water partition coefficient (Wildman–Crippen LogP) is 2.82. The van der Waals surface area contributed by atoms with Crippen molar-refractivity contribution < 1.29 is 54.8 Å². The van der Waals surface area contributed by atoms with E-state index in [0.717, 1.165) is 18.2 Å². The molecule has 0 fully saturated rings. The van der Waals surface area contributed by atoms with E-state index in [1.165, 1.54) is 12.1 Å². The Labute approximate surface area is 222 Å². The number of aliphatic hydroxyl groups excluding tert-OH is 2. The van der Waals surface area contributed by atoms with Crippen LogP contribution in [0.5, 0.6) is 40.2 Å². The Bertz CT molecular complexity index is 1990. The lowest BCUT2D eigenvalue weighted by atomic mass is 9.88. The van der Waals surface area contributed by atoms with Gasteiger partial charge >= 0.3 is 0 Å². The summed E-state index contributed by atoms with van der Waals surface area (Å²) in [5, 5.41) is 82.8. The first kappa shape index (κ1) is 25.1. The number of fused-ring (bicyclic) bond motifs is 4. The summed E-state index contributed by atoms with van der Waals surface area (Å²) in [6, 6.07) is 5.13. The van der Waals surface area contributed by atoms with E-state index in [-0.39, 0.29) is 67.1 Å². The standard InChI is InChI=1S/C28H20O12/c29-7-9-1-13(31)25-19(39-9)3-11-21(15(33)5-17(35)23(11)27(25)37)22-12-4-20-26(14(32)2-10(8-30)40-20)28(38)24(12)18(36)6-16(22)34/h1,3-6,10,29-31,34-38H,2,7-8H2.